The van der Waals surface area contributed by atoms with Crippen molar-refractivity contribution in [2.24, 2.45) is 0 Å². The molecule has 3 nitrogen and oxygen atoms in total. The second-order valence-corrected chi connectivity index (χ2v) is 4.36. The summed E-state index contributed by atoms with van der Waals surface area (Å²) in [6.45, 7) is 8.05. The van der Waals surface area contributed by atoms with Gasteiger partial charge in [-0.25, -0.2) is 4.79 Å². The van der Waals surface area contributed by atoms with E-state index in [0.717, 1.165) is 32.4 Å². The van der Waals surface area contributed by atoms with Crippen molar-refractivity contribution >= 4 is 6.03 Å². The van der Waals surface area contributed by atoms with Crippen molar-refractivity contribution in [3.05, 3.63) is 0 Å². The van der Waals surface area contributed by atoms with Gasteiger partial charge in [-0.05, 0) is 33.1 Å². The van der Waals surface area contributed by atoms with Gasteiger partial charge >= 0.3 is 6.03 Å². The highest BCUT2D eigenvalue weighted by Crippen LogP contribution is 2.11. The molecule has 0 bridgehead atoms. The maximum atomic E-state index is 11.6. The quantitative estimate of drug-likeness (QED) is 0.699. The lowest BCUT2D eigenvalue weighted by molar-refractivity contribution is 0.196. The molecule has 0 aromatic carbocycles. The maximum Gasteiger partial charge on any atom is 0.317 e. The summed E-state index contributed by atoms with van der Waals surface area (Å²) in [4.78, 5) is 13.5. The number of urea groups is 1. The van der Waals surface area contributed by atoms with Crippen LogP contribution in [0.5, 0.6) is 0 Å². The van der Waals surface area contributed by atoms with Gasteiger partial charge in [0.2, 0.25) is 0 Å². The van der Waals surface area contributed by atoms with Crippen molar-refractivity contribution in [3.8, 4) is 0 Å². The van der Waals surface area contributed by atoms with Gasteiger partial charge in [0.25, 0.3) is 0 Å². The number of nitrogens with one attached hydrogen (secondary N) is 1. The second-order valence-electron chi connectivity index (χ2n) is 4.36. The van der Waals surface area contributed by atoms with Crippen LogP contribution >= 0.6 is 0 Å². The summed E-state index contributed by atoms with van der Waals surface area (Å²) in [5, 5.41) is 3.03. The number of rotatable bonds is 2. The summed E-state index contributed by atoms with van der Waals surface area (Å²) in [6, 6.07) is 0.101. The number of amides is 2. The minimum atomic E-state index is -0.0698. The van der Waals surface area contributed by atoms with Crippen molar-refractivity contribution in [2.75, 3.05) is 13.1 Å². The first-order valence-electron chi connectivity index (χ1n) is 5.12. The highest BCUT2D eigenvalue weighted by Gasteiger charge is 2.23. The third kappa shape index (κ3) is 2.90. The smallest absolute Gasteiger partial charge is 0.317 e. The van der Waals surface area contributed by atoms with Gasteiger partial charge in [0.15, 0.2) is 0 Å². The van der Waals surface area contributed by atoms with Crippen LogP contribution in [0, 0.1) is 0 Å². The van der Waals surface area contributed by atoms with Gasteiger partial charge < -0.3 is 10.2 Å². The van der Waals surface area contributed by atoms with E-state index in [-0.39, 0.29) is 11.6 Å². The van der Waals surface area contributed by atoms with E-state index in [1.54, 1.807) is 0 Å². The molecule has 1 saturated heterocycles. The Kier molecular flexibility index (Phi) is 3.17. The lowest BCUT2D eigenvalue weighted by Gasteiger charge is -2.27. The van der Waals surface area contributed by atoms with Gasteiger partial charge in [0, 0.05) is 18.6 Å². The molecule has 0 saturated carbocycles. The molecule has 1 fully saturated rings. The van der Waals surface area contributed by atoms with Gasteiger partial charge in [-0.15, -0.1) is 0 Å². The lowest BCUT2D eigenvalue weighted by Crippen LogP contribution is -2.48. The average molecular weight is 184 g/mol. The minimum Gasteiger partial charge on any atom is -0.333 e. The minimum absolute atomic E-state index is 0.0698. The summed E-state index contributed by atoms with van der Waals surface area (Å²) in [5.41, 5.74) is -0.0698. The van der Waals surface area contributed by atoms with Gasteiger partial charge in [0.1, 0.15) is 0 Å². The molecular weight excluding hydrogens is 164 g/mol. The SMILES string of the molecule is CCC(C)(C)NC(=O)N1CCCC1. The van der Waals surface area contributed by atoms with Gasteiger partial charge in [-0.3, -0.25) is 0 Å². The Morgan fingerprint density at radius 1 is 1.38 bits per heavy atom. The Bertz CT molecular complexity index is 183. The molecule has 1 aliphatic rings. The summed E-state index contributed by atoms with van der Waals surface area (Å²) in [7, 11) is 0. The second kappa shape index (κ2) is 3.99. The number of nitrogens with zero attached hydrogens (tertiary/aromatic N) is 1. The van der Waals surface area contributed by atoms with Crippen LogP contribution in [0.25, 0.3) is 0 Å². The Morgan fingerprint density at radius 2 is 1.92 bits per heavy atom. The fourth-order valence-electron chi connectivity index (χ4n) is 1.38. The number of likely N-dealkylation sites (tertiary alicyclic amines) is 1. The standard InChI is InChI=1S/C10H20N2O/c1-4-10(2,3)11-9(13)12-7-5-6-8-12/h4-8H2,1-3H3,(H,11,13). The van der Waals surface area contributed by atoms with Crippen LogP contribution in [0.15, 0.2) is 0 Å². The Morgan fingerprint density at radius 3 is 2.38 bits per heavy atom. The van der Waals surface area contributed by atoms with Crippen molar-refractivity contribution in [2.45, 2.75) is 45.6 Å². The third-order valence-electron chi connectivity index (χ3n) is 2.72. The first-order chi connectivity index (χ1) is 6.05. The van der Waals surface area contributed by atoms with Crippen LogP contribution in [0.2, 0.25) is 0 Å². The fourth-order valence-corrected chi connectivity index (χ4v) is 1.38. The van der Waals surface area contributed by atoms with Gasteiger partial charge in [0.05, 0.1) is 0 Å². The Hall–Kier alpha value is -0.730. The molecule has 76 valence electrons. The van der Waals surface area contributed by atoms with E-state index in [9.17, 15) is 4.79 Å². The van der Waals surface area contributed by atoms with E-state index in [1.165, 1.54) is 0 Å². The largest absolute Gasteiger partial charge is 0.333 e. The maximum absolute atomic E-state index is 11.6. The summed E-state index contributed by atoms with van der Waals surface area (Å²) < 4.78 is 0. The molecule has 0 atom stereocenters. The predicted molar refractivity (Wildman–Crippen MR) is 53.7 cm³/mol. The highest BCUT2D eigenvalue weighted by atomic mass is 16.2. The average Bonchev–Trinajstić information content (AvgIpc) is 2.55. The zero-order valence-electron chi connectivity index (χ0n) is 8.89. The Balaban J connectivity index is 2.40. The first-order valence-corrected chi connectivity index (χ1v) is 5.12. The zero-order chi connectivity index (χ0) is 9.90. The molecule has 0 aromatic rings. The molecular formula is C10H20N2O. The molecule has 3 heteroatoms. The van der Waals surface area contributed by atoms with Crippen LogP contribution in [-0.2, 0) is 0 Å². The molecule has 13 heavy (non-hydrogen) atoms. The van der Waals surface area contributed by atoms with Gasteiger partial charge in [-0.1, -0.05) is 6.92 Å². The van der Waals surface area contributed by atoms with E-state index >= 15 is 0 Å². The molecule has 0 aromatic heterocycles. The topological polar surface area (TPSA) is 32.3 Å². The van der Waals surface area contributed by atoms with Gasteiger partial charge in [-0.2, -0.15) is 0 Å². The summed E-state index contributed by atoms with van der Waals surface area (Å²) in [6.07, 6.45) is 3.27. The van der Waals surface area contributed by atoms with E-state index in [0.29, 0.717) is 0 Å². The van der Waals surface area contributed by atoms with E-state index < -0.39 is 0 Å². The fraction of sp³-hybridized carbons (Fsp3) is 0.900. The first kappa shape index (κ1) is 10.4. The molecule has 0 spiro atoms. The van der Waals surface area contributed by atoms with E-state index in [1.807, 2.05) is 4.90 Å². The Labute approximate surface area is 80.5 Å². The van der Waals surface area contributed by atoms with E-state index in [4.69, 9.17) is 0 Å². The number of hydrogen-bond donors (Lipinski definition) is 1. The van der Waals surface area contributed by atoms with Crippen LogP contribution in [0.1, 0.15) is 40.0 Å². The summed E-state index contributed by atoms with van der Waals surface area (Å²) in [5.74, 6) is 0. The summed E-state index contributed by atoms with van der Waals surface area (Å²) >= 11 is 0. The number of hydrogen-bond acceptors (Lipinski definition) is 1. The molecule has 0 aliphatic carbocycles. The van der Waals surface area contributed by atoms with Crippen molar-refractivity contribution in [1.29, 1.82) is 0 Å². The molecule has 0 unspecified atom stereocenters. The highest BCUT2D eigenvalue weighted by molar-refractivity contribution is 5.75. The van der Waals surface area contributed by atoms with Crippen LogP contribution in [0.4, 0.5) is 4.79 Å². The van der Waals surface area contributed by atoms with Crippen molar-refractivity contribution in [1.82, 2.24) is 10.2 Å². The molecule has 1 rings (SSSR count). The van der Waals surface area contributed by atoms with E-state index in [2.05, 4.69) is 26.1 Å². The normalized spacial score (nSPS) is 17.6. The lowest BCUT2D eigenvalue weighted by atomic mass is 10.0. The van der Waals surface area contributed by atoms with Crippen LogP contribution < -0.4 is 5.32 Å². The third-order valence-corrected chi connectivity index (χ3v) is 2.72. The molecule has 1 heterocycles. The molecule has 2 amide bonds. The van der Waals surface area contributed by atoms with Crippen molar-refractivity contribution < 1.29 is 4.79 Å². The van der Waals surface area contributed by atoms with Crippen LogP contribution in [-0.4, -0.2) is 29.6 Å². The molecule has 1 aliphatic heterocycles. The number of carbonyl (C=O) groups excluding carboxylic acids is 1. The van der Waals surface area contributed by atoms with Crippen LogP contribution in [0.3, 0.4) is 0 Å². The van der Waals surface area contributed by atoms with Crippen molar-refractivity contribution in [3.63, 3.8) is 0 Å². The zero-order valence-corrected chi connectivity index (χ0v) is 8.89. The molecule has 1 N–H and O–H groups in total. The monoisotopic (exact) mass is 184 g/mol. The molecule has 0 radical (unpaired) electrons. The predicted octanol–water partition coefficient (Wildman–Crippen LogP) is 1.98. The number of carbonyl (C=O) groups is 1.